The van der Waals surface area contributed by atoms with Crippen molar-refractivity contribution in [2.75, 3.05) is 7.11 Å². The zero-order valence-electron chi connectivity index (χ0n) is 15.3. The number of fused-ring (bicyclic) bond motifs is 1. The van der Waals surface area contributed by atoms with Gasteiger partial charge in [-0.3, -0.25) is 4.79 Å². The van der Waals surface area contributed by atoms with Crippen molar-refractivity contribution >= 4 is 22.9 Å². The summed E-state index contributed by atoms with van der Waals surface area (Å²) < 4.78 is 8.59. The smallest absolute Gasteiger partial charge is 0.328 e. The molecule has 0 radical (unpaired) electrons. The van der Waals surface area contributed by atoms with Crippen LogP contribution in [0.15, 0.2) is 54.9 Å². The van der Waals surface area contributed by atoms with Crippen molar-refractivity contribution in [1.82, 2.24) is 9.88 Å². The molecule has 2 N–H and O–H groups in total. The van der Waals surface area contributed by atoms with Crippen LogP contribution in [-0.4, -0.2) is 34.7 Å². The molecule has 3 aromatic rings. The molecule has 1 atom stereocenters. The van der Waals surface area contributed by atoms with E-state index in [2.05, 4.69) is 5.32 Å². The number of phenols is 1. The van der Waals surface area contributed by atoms with Gasteiger partial charge in [0.05, 0.1) is 14.2 Å². The highest BCUT2D eigenvalue weighted by molar-refractivity contribution is 5.85. The molecule has 27 heavy (non-hydrogen) atoms. The highest BCUT2D eigenvalue weighted by atomic mass is 16.5. The van der Waals surface area contributed by atoms with Crippen LogP contribution in [0.3, 0.4) is 0 Å². The number of benzene rings is 2. The van der Waals surface area contributed by atoms with Crippen LogP contribution in [-0.2, 0) is 34.3 Å². The Morgan fingerprint density at radius 3 is 2.59 bits per heavy atom. The number of aromatic nitrogens is 2. The maximum atomic E-state index is 12.6. The first-order chi connectivity index (χ1) is 13.0. The molecule has 0 bridgehead atoms. The second kappa shape index (κ2) is 7.90. The van der Waals surface area contributed by atoms with Gasteiger partial charge < -0.3 is 15.2 Å². The number of ether oxygens (including phenoxy) is 1. The molecule has 0 spiro atoms. The Morgan fingerprint density at radius 2 is 1.89 bits per heavy atom. The molecule has 0 unspecified atom stereocenters. The Morgan fingerprint density at radius 1 is 1.19 bits per heavy atom. The molecule has 140 valence electrons. The largest absolute Gasteiger partial charge is 0.508 e. The van der Waals surface area contributed by atoms with Gasteiger partial charge in [0.2, 0.25) is 6.33 Å². The summed E-state index contributed by atoms with van der Waals surface area (Å²) >= 11 is 0. The summed E-state index contributed by atoms with van der Waals surface area (Å²) in [4.78, 5) is 24.6. The lowest BCUT2D eigenvalue weighted by atomic mass is 10.1. The second-order valence-electron chi connectivity index (χ2n) is 6.36. The lowest BCUT2D eigenvalue weighted by Crippen LogP contribution is -2.44. The minimum atomic E-state index is -0.803. The number of para-hydroxylation sites is 2. The molecule has 1 amide bonds. The van der Waals surface area contributed by atoms with Gasteiger partial charge in [-0.05, 0) is 29.8 Å². The van der Waals surface area contributed by atoms with E-state index in [1.165, 1.54) is 19.2 Å². The average molecular weight is 368 g/mol. The van der Waals surface area contributed by atoms with Crippen LogP contribution in [0.1, 0.15) is 5.56 Å². The van der Waals surface area contributed by atoms with Gasteiger partial charge in [0.15, 0.2) is 17.6 Å². The predicted molar refractivity (Wildman–Crippen MR) is 98.9 cm³/mol. The number of carbonyl (C=O) groups is 2. The molecule has 1 aromatic heterocycles. The Balaban J connectivity index is 1.73. The van der Waals surface area contributed by atoms with E-state index in [0.29, 0.717) is 0 Å². The highest BCUT2D eigenvalue weighted by Gasteiger charge is 2.24. The molecule has 0 aliphatic carbocycles. The van der Waals surface area contributed by atoms with Gasteiger partial charge in [0.25, 0.3) is 5.91 Å². The van der Waals surface area contributed by atoms with Gasteiger partial charge in [0, 0.05) is 6.42 Å². The monoisotopic (exact) mass is 368 g/mol. The maximum absolute atomic E-state index is 12.6. The van der Waals surface area contributed by atoms with Crippen LogP contribution < -0.4 is 9.88 Å². The van der Waals surface area contributed by atoms with E-state index in [-0.39, 0.29) is 24.6 Å². The Kier molecular flexibility index (Phi) is 5.40. The zero-order valence-corrected chi connectivity index (χ0v) is 15.3. The molecular formula is C20H22N3O4+. The molecule has 0 aliphatic heterocycles. The molecule has 3 rings (SSSR count). The summed E-state index contributed by atoms with van der Waals surface area (Å²) in [5, 5.41) is 12.1. The summed E-state index contributed by atoms with van der Waals surface area (Å²) in [7, 11) is 3.20. The molecule has 0 fully saturated rings. The van der Waals surface area contributed by atoms with Crippen LogP contribution in [0.4, 0.5) is 0 Å². The van der Waals surface area contributed by atoms with Gasteiger partial charge in [-0.1, -0.05) is 24.3 Å². The number of esters is 1. The third kappa shape index (κ3) is 4.25. The first kappa shape index (κ1) is 18.4. The first-order valence-electron chi connectivity index (χ1n) is 8.56. The van der Waals surface area contributed by atoms with Gasteiger partial charge in [-0.25, -0.2) is 13.9 Å². The minimum Gasteiger partial charge on any atom is -0.508 e. The number of rotatable bonds is 6. The lowest BCUT2D eigenvalue weighted by molar-refractivity contribution is -0.645. The third-order valence-electron chi connectivity index (χ3n) is 4.39. The SMILES string of the molecule is COC(=O)[C@H](Cc1ccc(O)cc1)NC(=O)Cn1c[n+](C)c2ccccc21. The fourth-order valence-electron chi connectivity index (χ4n) is 3.06. The van der Waals surface area contributed by atoms with Crippen molar-refractivity contribution in [3.63, 3.8) is 0 Å². The van der Waals surface area contributed by atoms with E-state index in [9.17, 15) is 14.7 Å². The minimum absolute atomic E-state index is 0.0877. The number of amides is 1. The molecule has 0 aliphatic rings. The number of phenolic OH excluding ortho intramolecular Hbond substituents is 1. The van der Waals surface area contributed by atoms with Gasteiger partial charge in [-0.2, -0.15) is 0 Å². The number of methoxy groups -OCH3 is 1. The van der Waals surface area contributed by atoms with Crippen LogP contribution in [0, 0.1) is 0 Å². The number of hydrogen-bond donors (Lipinski definition) is 2. The van der Waals surface area contributed by atoms with E-state index in [1.807, 2.05) is 46.8 Å². The molecule has 1 heterocycles. The van der Waals surface area contributed by atoms with Crippen molar-refractivity contribution in [3.8, 4) is 5.75 Å². The normalized spacial score (nSPS) is 11.9. The lowest BCUT2D eigenvalue weighted by Gasteiger charge is -2.16. The predicted octanol–water partition coefficient (Wildman–Crippen LogP) is 1.07. The first-order valence-corrected chi connectivity index (χ1v) is 8.56. The molecule has 0 saturated carbocycles. The number of carbonyl (C=O) groups excluding carboxylic acids is 2. The number of nitrogens with zero attached hydrogens (tertiary/aromatic N) is 2. The number of aromatic hydroxyl groups is 1. The van der Waals surface area contributed by atoms with E-state index >= 15 is 0 Å². The number of imidazole rings is 1. The van der Waals surface area contributed by atoms with E-state index in [1.54, 1.807) is 12.1 Å². The van der Waals surface area contributed by atoms with Gasteiger partial charge >= 0.3 is 5.97 Å². The molecule has 2 aromatic carbocycles. The van der Waals surface area contributed by atoms with Crippen LogP contribution in [0.5, 0.6) is 5.75 Å². The zero-order chi connectivity index (χ0) is 19.4. The molecule has 7 nitrogen and oxygen atoms in total. The summed E-state index contributed by atoms with van der Waals surface area (Å²) in [6.07, 6.45) is 2.12. The van der Waals surface area contributed by atoms with Gasteiger partial charge in [-0.15, -0.1) is 0 Å². The molecular weight excluding hydrogens is 346 g/mol. The Bertz CT molecular complexity index is 963. The summed E-state index contributed by atoms with van der Waals surface area (Å²) in [6.45, 7) is 0.0877. The fourth-order valence-corrected chi connectivity index (χ4v) is 3.06. The average Bonchev–Trinajstić information content (AvgIpc) is 2.98. The van der Waals surface area contributed by atoms with E-state index < -0.39 is 12.0 Å². The standard InChI is InChI=1S/C20H21N3O4/c1-22-13-23(18-6-4-3-5-17(18)22)12-19(25)21-16(20(26)27-2)11-14-7-9-15(24)10-8-14/h3-10,13,16H,11-12H2,1-2H3,(H-,21,24,25)/p+1/t16-/m0/s1. The molecule has 0 saturated heterocycles. The quantitative estimate of drug-likeness (QED) is 0.504. The van der Waals surface area contributed by atoms with Crippen LogP contribution >= 0.6 is 0 Å². The van der Waals surface area contributed by atoms with Crippen molar-refractivity contribution in [3.05, 3.63) is 60.4 Å². The fraction of sp³-hybridized carbons (Fsp3) is 0.250. The Hall–Kier alpha value is -3.35. The topological polar surface area (TPSA) is 84.4 Å². The van der Waals surface area contributed by atoms with Crippen LogP contribution in [0.25, 0.3) is 11.0 Å². The Labute approximate surface area is 156 Å². The van der Waals surface area contributed by atoms with Crippen molar-refractivity contribution in [2.45, 2.75) is 19.0 Å². The van der Waals surface area contributed by atoms with Gasteiger partial charge in [0.1, 0.15) is 11.8 Å². The van der Waals surface area contributed by atoms with Crippen LogP contribution in [0.2, 0.25) is 0 Å². The third-order valence-corrected chi connectivity index (χ3v) is 4.39. The van der Waals surface area contributed by atoms with Crippen molar-refractivity contribution < 1.29 is 24.0 Å². The van der Waals surface area contributed by atoms with E-state index in [4.69, 9.17) is 4.74 Å². The highest BCUT2D eigenvalue weighted by Crippen LogP contribution is 2.13. The number of aryl methyl sites for hydroxylation is 1. The van der Waals surface area contributed by atoms with Crippen molar-refractivity contribution in [2.24, 2.45) is 7.05 Å². The maximum Gasteiger partial charge on any atom is 0.328 e. The summed E-state index contributed by atoms with van der Waals surface area (Å²) in [5.74, 6) is -0.658. The van der Waals surface area contributed by atoms with E-state index in [0.717, 1.165) is 16.6 Å². The molecule has 7 heteroatoms. The summed E-state index contributed by atoms with van der Waals surface area (Å²) in [6, 6.07) is 13.5. The van der Waals surface area contributed by atoms with Crippen molar-refractivity contribution in [1.29, 1.82) is 0 Å². The second-order valence-corrected chi connectivity index (χ2v) is 6.36. The number of hydrogen-bond acceptors (Lipinski definition) is 4. The summed E-state index contributed by atoms with van der Waals surface area (Å²) in [5.41, 5.74) is 2.75. The number of nitrogens with one attached hydrogen (secondary N) is 1.